The van der Waals surface area contributed by atoms with Crippen LogP contribution in [-0.4, -0.2) is 20.6 Å². The van der Waals surface area contributed by atoms with Gasteiger partial charge in [0.2, 0.25) is 0 Å². The van der Waals surface area contributed by atoms with Crippen molar-refractivity contribution in [2.75, 3.05) is 0 Å². The largest absolute Gasteiger partial charge is 0.458 e. The molecule has 7 nitrogen and oxygen atoms in total. The molecular formula is C25H24FN3O4. The highest BCUT2D eigenvalue weighted by atomic mass is 19.1. The summed E-state index contributed by atoms with van der Waals surface area (Å²) in [6.07, 6.45) is 2.04. The summed E-state index contributed by atoms with van der Waals surface area (Å²) in [6, 6.07) is 2.88. The summed E-state index contributed by atoms with van der Waals surface area (Å²) in [5.74, 6) is -1.04. The molecule has 2 unspecified atom stereocenters. The van der Waals surface area contributed by atoms with Gasteiger partial charge in [0.15, 0.2) is 5.60 Å². The molecular weight excluding hydrogens is 425 g/mol. The zero-order chi connectivity index (χ0) is 23.2. The van der Waals surface area contributed by atoms with Gasteiger partial charge < -0.3 is 20.1 Å². The van der Waals surface area contributed by atoms with Crippen molar-refractivity contribution in [3.05, 3.63) is 61.7 Å². The van der Waals surface area contributed by atoms with Crippen LogP contribution in [0.5, 0.6) is 0 Å². The number of esters is 1. The van der Waals surface area contributed by atoms with Crippen LogP contribution in [0.3, 0.4) is 0 Å². The van der Waals surface area contributed by atoms with Crippen molar-refractivity contribution in [1.29, 1.82) is 0 Å². The zero-order valence-electron chi connectivity index (χ0n) is 18.5. The molecule has 0 saturated carbocycles. The highest BCUT2D eigenvalue weighted by Gasteiger charge is 2.45. The number of aromatic nitrogens is 2. The number of pyridine rings is 2. The maximum Gasteiger partial charge on any atom is 0.343 e. The predicted molar refractivity (Wildman–Crippen MR) is 119 cm³/mol. The predicted octanol–water partition coefficient (Wildman–Crippen LogP) is 2.73. The molecule has 0 radical (unpaired) electrons. The van der Waals surface area contributed by atoms with Crippen LogP contribution in [0.2, 0.25) is 0 Å². The number of cyclic esters (lactones) is 1. The Morgan fingerprint density at radius 1 is 1.27 bits per heavy atom. The molecule has 170 valence electrons. The number of carbonyl (C=O) groups excluding carboxylic acids is 1. The van der Waals surface area contributed by atoms with Crippen molar-refractivity contribution in [3.8, 4) is 11.4 Å². The van der Waals surface area contributed by atoms with Crippen molar-refractivity contribution in [1.82, 2.24) is 9.55 Å². The zero-order valence-corrected chi connectivity index (χ0v) is 18.5. The Balaban J connectivity index is 1.69. The number of aryl methyl sites for hydroxylation is 1. The van der Waals surface area contributed by atoms with Gasteiger partial charge in [0.25, 0.3) is 5.56 Å². The topological polar surface area (TPSA) is 107 Å². The Hall–Kier alpha value is -3.10. The van der Waals surface area contributed by atoms with E-state index in [1.165, 1.54) is 6.07 Å². The minimum absolute atomic E-state index is 0.0736. The average Bonchev–Trinajstić information content (AvgIpc) is 3.17. The van der Waals surface area contributed by atoms with Gasteiger partial charge in [-0.05, 0) is 48.4 Å². The molecule has 6 rings (SSSR count). The van der Waals surface area contributed by atoms with Gasteiger partial charge in [-0.1, -0.05) is 13.8 Å². The van der Waals surface area contributed by atoms with E-state index in [9.17, 15) is 19.1 Å². The lowest BCUT2D eigenvalue weighted by Crippen LogP contribution is -2.44. The molecule has 3 aliphatic rings. The lowest BCUT2D eigenvalue weighted by molar-refractivity contribution is -0.172. The van der Waals surface area contributed by atoms with Gasteiger partial charge in [0.1, 0.15) is 12.4 Å². The Kier molecular flexibility index (Phi) is 4.17. The summed E-state index contributed by atoms with van der Waals surface area (Å²) >= 11 is 0. The Morgan fingerprint density at radius 2 is 2.06 bits per heavy atom. The van der Waals surface area contributed by atoms with Crippen LogP contribution in [0, 0.1) is 5.82 Å². The molecule has 0 spiro atoms. The second kappa shape index (κ2) is 6.71. The van der Waals surface area contributed by atoms with Crippen molar-refractivity contribution in [3.63, 3.8) is 0 Å². The van der Waals surface area contributed by atoms with E-state index in [2.05, 4.69) is 0 Å². The first kappa shape index (κ1) is 20.5. The maximum absolute atomic E-state index is 14.9. The highest BCUT2D eigenvalue weighted by molar-refractivity contribution is 5.93. The highest BCUT2D eigenvalue weighted by Crippen LogP contribution is 2.45. The molecule has 3 N–H and O–H groups in total. The molecule has 0 saturated heterocycles. The molecule has 2 aromatic heterocycles. The number of carbonyl (C=O) groups is 1. The molecule has 0 bridgehead atoms. The van der Waals surface area contributed by atoms with Gasteiger partial charge in [0.05, 0.1) is 29.0 Å². The molecule has 3 aromatic rings. The number of fused-ring (bicyclic) bond motifs is 5. The number of ether oxygens (including phenoxy) is 1. The molecule has 1 aromatic carbocycles. The number of nitrogens with two attached hydrogens (primary N) is 1. The first-order valence-corrected chi connectivity index (χ1v) is 11.4. The lowest BCUT2D eigenvalue weighted by atomic mass is 9.81. The average molecular weight is 449 g/mol. The number of hydrogen-bond donors (Lipinski definition) is 2. The molecule has 0 fully saturated rings. The monoisotopic (exact) mass is 449 g/mol. The van der Waals surface area contributed by atoms with Gasteiger partial charge in [-0.15, -0.1) is 0 Å². The summed E-state index contributed by atoms with van der Waals surface area (Å²) in [6.45, 7) is 3.72. The standard InChI is InChI=1S/C25H24FN3O4/c1-3-11-12-5-6-17(27)20-13-9-29-19(22(13)28-18(21(12)20)8-16(11)26)7-15-14(23(29)30)10-33-24(31)25(15,32)4-2/h7-8,17,32H,3-6,9-10,27H2,1-2H3. The molecule has 33 heavy (non-hydrogen) atoms. The van der Waals surface area contributed by atoms with E-state index in [4.69, 9.17) is 15.5 Å². The van der Waals surface area contributed by atoms with Crippen molar-refractivity contribution in [2.24, 2.45) is 5.73 Å². The van der Waals surface area contributed by atoms with Crippen LogP contribution in [0.1, 0.15) is 66.1 Å². The van der Waals surface area contributed by atoms with E-state index in [0.717, 1.165) is 22.1 Å². The van der Waals surface area contributed by atoms with Crippen LogP contribution in [-0.2, 0) is 41.1 Å². The Morgan fingerprint density at radius 3 is 2.79 bits per heavy atom. The summed E-state index contributed by atoms with van der Waals surface area (Å²) in [5.41, 5.74) is 9.93. The number of nitrogens with zero attached hydrogens (tertiary/aromatic N) is 2. The smallest absolute Gasteiger partial charge is 0.343 e. The second-order valence-corrected chi connectivity index (χ2v) is 9.16. The minimum atomic E-state index is -1.89. The molecule has 4 heterocycles. The Labute approximate surface area is 189 Å². The third kappa shape index (κ3) is 2.48. The van der Waals surface area contributed by atoms with E-state index >= 15 is 0 Å². The van der Waals surface area contributed by atoms with E-state index in [1.807, 2.05) is 6.92 Å². The lowest BCUT2D eigenvalue weighted by Gasteiger charge is -2.31. The molecule has 8 heteroatoms. The van der Waals surface area contributed by atoms with Crippen LogP contribution in [0.25, 0.3) is 22.3 Å². The van der Waals surface area contributed by atoms with E-state index in [-0.39, 0.29) is 41.6 Å². The first-order valence-electron chi connectivity index (χ1n) is 11.4. The van der Waals surface area contributed by atoms with Gasteiger partial charge in [-0.3, -0.25) is 4.79 Å². The minimum Gasteiger partial charge on any atom is -0.458 e. The Bertz CT molecular complexity index is 1460. The fourth-order valence-electron chi connectivity index (χ4n) is 5.88. The normalized spacial score (nSPS) is 22.7. The van der Waals surface area contributed by atoms with Crippen molar-refractivity contribution in [2.45, 2.75) is 64.3 Å². The number of rotatable bonds is 2. The SMILES string of the molecule is CCc1c(F)cc2nc3c(c4c2c1CCC4N)Cn1c-3cc2c(c1=O)COC(=O)C2(O)CC. The number of aliphatic hydroxyl groups is 1. The van der Waals surface area contributed by atoms with Crippen LogP contribution < -0.4 is 11.3 Å². The number of halogens is 1. The quantitative estimate of drug-likeness (QED) is 0.456. The van der Waals surface area contributed by atoms with Crippen LogP contribution in [0.4, 0.5) is 4.39 Å². The second-order valence-electron chi connectivity index (χ2n) is 9.16. The molecule has 2 aliphatic heterocycles. The maximum atomic E-state index is 14.9. The fourth-order valence-corrected chi connectivity index (χ4v) is 5.88. The van der Waals surface area contributed by atoms with Crippen molar-refractivity contribution < 1.29 is 19.0 Å². The van der Waals surface area contributed by atoms with Gasteiger partial charge in [-0.25, -0.2) is 14.2 Å². The van der Waals surface area contributed by atoms with Crippen LogP contribution >= 0.6 is 0 Å². The summed E-state index contributed by atoms with van der Waals surface area (Å²) in [4.78, 5) is 30.6. The first-order chi connectivity index (χ1) is 15.8. The van der Waals surface area contributed by atoms with Gasteiger partial charge in [-0.2, -0.15) is 0 Å². The van der Waals surface area contributed by atoms with E-state index < -0.39 is 11.6 Å². The van der Waals surface area contributed by atoms with Gasteiger partial charge in [0, 0.05) is 28.6 Å². The van der Waals surface area contributed by atoms with Gasteiger partial charge >= 0.3 is 5.97 Å². The molecule has 0 amide bonds. The van der Waals surface area contributed by atoms with E-state index in [1.54, 1.807) is 17.6 Å². The summed E-state index contributed by atoms with van der Waals surface area (Å²) in [5, 5.41) is 11.9. The third-order valence-corrected chi connectivity index (χ3v) is 7.62. The third-order valence-electron chi connectivity index (χ3n) is 7.62. The van der Waals surface area contributed by atoms with Crippen LogP contribution in [0.15, 0.2) is 16.9 Å². The summed E-state index contributed by atoms with van der Waals surface area (Å²) in [7, 11) is 0. The van der Waals surface area contributed by atoms with E-state index in [0.29, 0.717) is 48.3 Å². The number of hydrogen-bond acceptors (Lipinski definition) is 6. The fraction of sp³-hybridized carbons (Fsp3) is 0.400. The summed E-state index contributed by atoms with van der Waals surface area (Å²) < 4.78 is 21.7. The van der Waals surface area contributed by atoms with Crippen molar-refractivity contribution >= 4 is 16.9 Å². The molecule has 2 atom stereocenters. The number of benzene rings is 1. The molecule has 1 aliphatic carbocycles.